The normalized spacial score (nSPS) is 17.9. The fourth-order valence-electron chi connectivity index (χ4n) is 2.00. The Hall–Kier alpha value is -1.82. The molecule has 0 saturated carbocycles. The van der Waals surface area contributed by atoms with Crippen LogP contribution in [0.3, 0.4) is 0 Å². The molecule has 2 heterocycles. The molecule has 1 atom stereocenters. The Bertz CT molecular complexity index is 509. The minimum Gasteiger partial charge on any atom is -0.487 e. The van der Waals surface area contributed by atoms with Crippen molar-refractivity contribution in [2.75, 3.05) is 19.6 Å². The van der Waals surface area contributed by atoms with Gasteiger partial charge in [-0.25, -0.2) is 0 Å². The summed E-state index contributed by atoms with van der Waals surface area (Å²) in [5, 5.41) is 2.95. The molecule has 1 aliphatic heterocycles. The molecule has 0 bridgehead atoms. The number of pyridine rings is 1. The molecule has 0 aromatic carbocycles. The van der Waals surface area contributed by atoms with Gasteiger partial charge in [-0.2, -0.15) is 0 Å². The van der Waals surface area contributed by atoms with Crippen molar-refractivity contribution in [2.24, 2.45) is 0 Å². The van der Waals surface area contributed by atoms with Crippen molar-refractivity contribution in [3.8, 4) is 5.75 Å². The molecule has 7 heteroatoms. The number of aromatic nitrogens is 1. The van der Waals surface area contributed by atoms with Crippen LogP contribution in [-0.4, -0.2) is 47.4 Å². The predicted molar refractivity (Wildman–Crippen MR) is 73.5 cm³/mol. The SMILES string of the molecule is CC(=O)NCC(=O)N1CC[C@@H](Oc2ccncc2Cl)C1. The van der Waals surface area contributed by atoms with E-state index in [2.05, 4.69) is 10.3 Å². The van der Waals surface area contributed by atoms with Gasteiger partial charge < -0.3 is 15.0 Å². The van der Waals surface area contributed by atoms with E-state index in [9.17, 15) is 9.59 Å². The second kappa shape index (κ2) is 6.56. The molecule has 0 unspecified atom stereocenters. The second-order valence-corrected chi connectivity index (χ2v) is 4.99. The molecule has 1 aromatic rings. The number of nitrogens with zero attached hydrogens (tertiary/aromatic N) is 2. The van der Waals surface area contributed by atoms with Crippen molar-refractivity contribution < 1.29 is 14.3 Å². The summed E-state index contributed by atoms with van der Waals surface area (Å²) >= 11 is 5.97. The number of likely N-dealkylation sites (tertiary alicyclic amines) is 1. The van der Waals surface area contributed by atoms with Crippen LogP contribution in [0.5, 0.6) is 5.75 Å². The molecule has 2 amide bonds. The molecule has 1 N–H and O–H groups in total. The molecule has 6 nitrogen and oxygen atoms in total. The molecule has 1 saturated heterocycles. The number of rotatable bonds is 4. The van der Waals surface area contributed by atoms with Gasteiger partial charge in [0.2, 0.25) is 11.8 Å². The van der Waals surface area contributed by atoms with E-state index in [1.807, 2.05) is 0 Å². The summed E-state index contributed by atoms with van der Waals surface area (Å²) in [5.74, 6) is 0.254. The Morgan fingerprint density at radius 1 is 1.60 bits per heavy atom. The Morgan fingerprint density at radius 3 is 3.10 bits per heavy atom. The van der Waals surface area contributed by atoms with Crippen molar-refractivity contribution in [1.29, 1.82) is 0 Å². The average molecular weight is 298 g/mol. The quantitative estimate of drug-likeness (QED) is 0.894. The zero-order valence-corrected chi connectivity index (χ0v) is 11.9. The van der Waals surface area contributed by atoms with Gasteiger partial charge in [0.15, 0.2) is 0 Å². The summed E-state index contributed by atoms with van der Waals surface area (Å²) < 4.78 is 5.76. The monoisotopic (exact) mass is 297 g/mol. The van der Waals surface area contributed by atoms with Crippen LogP contribution in [0.1, 0.15) is 13.3 Å². The number of hydrogen-bond acceptors (Lipinski definition) is 4. The van der Waals surface area contributed by atoms with E-state index in [1.165, 1.54) is 13.1 Å². The average Bonchev–Trinajstić information content (AvgIpc) is 2.87. The first-order valence-corrected chi connectivity index (χ1v) is 6.72. The van der Waals surface area contributed by atoms with Crippen molar-refractivity contribution >= 4 is 23.4 Å². The zero-order valence-electron chi connectivity index (χ0n) is 11.1. The molecule has 0 spiro atoms. The van der Waals surface area contributed by atoms with Crippen molar-refractivity contribution in [1.82, 2.24) is 15.2 Å². The number of nitrogens with one attached hydrogen (secondary N) is 1. The Kier molecular flexibility index (Phi) is 4.79. The second-order valence-electron chi connectivity index (χ2n) is 4.58. The molecule has 0 aliphatic carbocycles. The summed E-state index contributed by atoms with van der Waals surface area (Å²) in [5.41, 5.74) is 0. The van der Waals surface area contributed by atoms with Crippen LogP contribution in [0.4, 0.5) is 0 Å². The van der Waals surface area contributed by atoms with Crippen LogP contribution in [0.25, 0.3) is 0 Å². The molecular weight excluding hydrogens is 282 g/mol. The van der Waals surface area contributed by atoms with E-state index < -0.39 is 0 Å². The molecule has 1 fully saturated rings. The highest BCUT2D eigenvalue weighted by molar-refractivity contribution is 6.31. The molecular formula is C13H16ClN3O3. The lowest BCUT2D eigenvalue weighted by Crippen LogP contribution is -2.39. The van der Waals surface area contributed by atoms with E-state index in [0.29, 0.717) is 23.9 Å². The summed E-state index contributed by atoms with van der Waals surface area (Å²) in [7, 11) is 0. The Balaban J connectivity index is 1.85. The molecule has 2 rings (SSSR count). The van der Waals surface area contributed by atoms with Gasteiger partial charge in [-0.05, 0) is 0 Å². The minimum atomic E-state index is -0.214. The maximum atomic E-state index is 11.8. The number of carbonyl (C=O) groups is 2. The van der Waals surface area contributed by atoms with Crippen LogP contribution in [-0.2, 0) is 9.59 Å². The largest absolute Gasteiger partial charge is 0.487 e. The smallest absolute Gasteiger partial charge is 0.242 e. The van der Waals surface area contributed by atoms with Gasteiger partial charge in [0.1, 0.15) is 16.9 Å². The van der Waals surface area contributed by atoms with Gasteiger partial charge >= 0.3 is 0 Å². The first-order chi connectivity index (χ1) is 9.56. The minimum absolute atomic E-state index is 0.0259. The van der Waals surface area contributed by atoms with E-state index >= 15 is 0 Å². The predicted octanol–water partition coefficient (Wildman–Crippen LogP) is 0.851. The van der Waals surface area contributed by atoms with Crippen molar-refractivity contribution in [2.45, 2.75) is 19.4 Å². The lowest BCUT2D eigenvalue weighted by Gasteiger charge is -2.17. The lowest BCUT2D eigenvalue weighted by molar-refractivity contribution is -0.131. The maximum absolute atomic E-state index is 11.8. The van der Waals surface area contributed by atoms with Crippen LogP contribution in [0, 0.1) is 0 Å². The van der Waals surface area contributed by atoms with Crippen LogP contribution in [0.2, 0.25) is 5.02 Å². The van der Waals surface area contributed by atoms with E-state index in [1.54, 1.807) is 17.2 Å². The molecule has 1 aliphatic rings. The Morgan fingerprint density at radius 2 is 2.40 bits per heavy atom. The van der Waals surface area contributed by atoms with Crippen LogP contribution in [0.15, 0.2) is 18.5 Å². The maximum Gasteiger partial charge on any atom is 0.242 e. The van der Waals surface area contributed by atoms with Crippen LogP contribution >= 0.6 is 11.6 Å². The summed E-state index contributed by atoms with van der Waals surface area (Å²) in [6.07, 6.45) is 3.78. The number of ether oxygens (including phenoxy) is 1. The van der Waals surface area contributed by atoms with Gasteiger partial charge in [-0.1, -0.05) is 11.6 Å². The third kappa shape index (κ3) is 3.84. The highest BCUT2D eigenvalue weighted by Crippen LogP contribution is 2.25. The first-order valence-electron chi connectivity index (χ1n) is 6.34. The van der Waals surface area contributed by atoms with Gasteiger partial charge in [0, 0.05) is 38.3 Å². The fourth-order valence-corrected chi connectivity index (χ4v) is 2.16. The van der Waals surface area contributed by atoms with Crippen LogP contribution < -0.4 is 10.1 Å². The van der Waals surface area contributed by atoms with Gasteiger partial charge in [-0.3, -0.25) is 14.6 Å². The number of hydrogen-bond donors (Lipinski definition) is 1. The molecule has 0 radical (unpaired) electrons. The first kappa shape index (κ1) is 14.6. The number of carbonyl (C=O) groups excluding carboxylic acids is 2. The topological polar surface area (TPSA) is 71.5 Å². The standard InChI is InChI=1S/C13H16ClN3O3/c1-9(18)16-7-13(19)17-5-3-10(8-17)20-12-2-4-15-6-11(12)14/h2,4,6,10H,3,5,7-8H2,1H3,(H,16,18)/t10-/m1/s1. The zero-order chi connectivity index (χ0) is 14.5. The summed E-state index contributed by atoms with van der Waals surface area (Å²) in [6.45, 7) is 2.52. The van der Waals surface area contributed by atoms with E-state index in [-0.39, 0.29) is 24.5 Å². The lowest BCUT2D eigenvalue weighted by atomic mass is 10.3. The van der Waals surface area contributed by atoms with Gasteiger partial charge in [-0.15, -0.1) is 0 Å². The summed E-state index contributed by atoms with van der Waals surface area (Å²) in [4.78, 5) is 28.2. The van der Waals surface area contributed by atoms with Gasteiger partial charge in [0.25, 0.3) is 0 Å². The van der Waals surface area contributed by atoms with E-state index in [4.69, 9.17) is 16.3 Å². The van der Waals surface area contributed by atoms with Crippen molar-refractivity contribution in [3.05, 3.63) is 23.5 Å². The van der Waals surface area contributed by atoms with Crippen molar-refractivity contribution in [3.63, 3.8) is 0 Å². The van der Waals surface area contributed by atoms with Gasteiger partial charge in [0.05, 0.1) is 13.1 Å². The molecule has 20 heavy (non-hydrogen) atoms. The molecule has 1 aromatic heterocycles. The molecule has 108 valence electrons. The third-order valence-corrected chi connectivity index (χ3v) is 3.30. The number of amides is 2. The van der Waals surface area contributed by atoms with E-state index in [0.717, 1.165) is 6.42 Å². The Labute approximate surface area is 122 Å². The highest BCUT2D eigenvalue weighted by atomic mass is 35.5. The highest BCUT2D eigenvalue weighted by Gasteiger charge is 2.27. The number of halogens is 1. The summed E-state index contributed by atoms with van der Waals surface area (Å²) in [6, 6.07) is 1.70. The fraction of sp³-hybridized carbons (Fsp3) is 0.462. The third-order valence-electron chi connectivity index (χ3n) is 3.02.